The third-order valence-electron chi connectivity index (χ3n) is 4.15. The molecule has 2 heterocycles. The molecule has 0 spiro atoms. The first-order valence-corrected chi connectivity index (χ1v) is 8.54. The first-order chi connectivity index (χ1) is 13.9. The number of halogens is 3. The van der Waals surface area contributed by atoms with E-state index in [4.69, 9.17) is 9.26 Å². The Morgan fingerprint density at radius 1 is 1.00 bits per heavy atom. The molecule has 0 N–H and O–H groups in total. The van der Waals surface area contributed by atoms with E-state index in [1.165, 1.54) is 12.1 Å². The average Bonchev–Trinajstić information content (AvgIpc) is 3.10. The Bertz CT molecular complexity index is 1140. The number of ether oxygens (including phenoxy) is 2. The second kappa shape index (κ2) is 7.42. The number of alkyl halides is 3. The van der Waals surface area contributed by atoms with Gasteiger partial charge in [0, 0.05) is 12.4 Å². The van der Waals surface area contributed by atoms with Crippen LogP contribution in [0.1, 0.15) is 11.4 Å². The van der Waals surface area contributed by atoms with Crippen molar-refractivity contribution in [2.45, 2.75) is 19.9 Å². The molecule has 0 unspecified atom stereocenters. The maximum Gasteiger partial charge on any atom is 0.573 e. The van der Waals surface area contributed by atoms with Gasteiger partial charge in [0.05, 0.1) is 5.39 Å². The lowest BCUT2D eigenvalue weighted by atomic mass is 9.97. The van der Waals surface area contributed by atoms with Gasteiger partial charge in [-0.05, 0) is 53.0 Å². The van der Waals surface area contributed by atoms with Crippen LogP contribution >= 0.6 is 0 Å². The van der Waals surface area contributed by atoms with Crippen LogP contribution in [0.15, 0.2) is 59.4 Å². The summed E-state index contributed by atoms with van der Waals surface area (Å²) in [5, 5.41) is 4.57. The zero-order valence-corrected chi connectivity index (χ0v) is 15.1. The molecule has 0 amide bonds. The highest BCUT2D eigenvalue weighted by molar-refractivity contribution is 5.98. The van der Waals surface area contributed by atoms with Crippen LogP contribution in [-0.2, 0) is 6.61 Å². The van der Waals surface area contributed by atoms with Crippen LogP contribution in [0.25, 0.3) is 22.1 Å². The zero-order valence-electron chi connectivity index (χ0n) is 15.1. The highest BCUT2D eigenvalue weighted by Crippen LogP contribution is 2.38. The molecule has 4 aromatic rings. The van der Waals surface area contributed by atoms with E-state index >= 15 is 0 Å². The number of fused-ring (bicyclic) bond motifs is 1. The van der Waals surface area contributed by atoms with E-state index in [0.717, 1.165) is 0 Å². The van der Waals surface area contributed by atoms with Gasteiger partial charge in [-0.25, -0.2) is 9.97 Å². The van der Waals surface area contributed by atoms with Gasteiger partial charge in [0.2, 0.25) is 0 Å². The molecule has 0 aliphatic carbocycles. The number of aryl methyl sites for hydroxylation is 1. The molecule has 0 bridgehead atoms. The molecule has 6 nitrogen and oxygen atoms in total. The third kappa shape index (κ3) is 4.13. The smallest absolute Gasteiger partial charge is 0.467 e. The number of nitrogens with zero attached hydrogens (tertiary/aromatic N) is 3. The van der Waals surface area contributed by atoms with E-state index in [1.54, 1.807) is 43.6 Å². The van der Waals surface area contributed by atoms with Crippen molar-refractivity contribution in [3.63, 3.8) is 0 Å². The minimum atomic E-state index is -4.75. The largest absolute Gasteiger partial charge is 0.573 e. The molecule has 0 saturated carbocycles. The summed E-state index contributed by atoms with van der Waals surface area (Å²) < 4.78 is 52.5. The van der Waals surface area contributed by atoms with Crippen LogP contribution < -0.4 is 9.47 Å². The monoisotopic (exact) mass is 401 g/mol. The maximum absolute atomic E-state index is 12.5. The second-order valence-corrected chi connectivity index (χ2v) is 6.14. The lowest BCUT2D eigenvalue weighted by molar-refractivity contribution is -0.274. The number of rotatable bonds is 5. The van der Waals surface area contributed by atoms with Gasteiger partial charge < -0.3 is 14.0 Å². The fourth-order valence-corrected chi connectivity index (χ4v) is 2.96. The Kier molecular flexibility index (Phi) is 4.79. The van der Waals surface area contributed by atoms with Gasteiger partial charge >= 0.3 is 6.36 Å². The molecule has 9 heteroatoms. The van der Waals surface area contributed by atoms with Crippen LogP contribution in [0, 0.1) is 6.92 Å². The summed E-state index contributed by atoms with van der Waals surface area (Å²) in [6.07, 6.45) is -1.54. The van der Waals surface area contributed by atoms with Crippen molar-refractivity contribution in [2.24, 2.45) is 0 Å². The molecule has 2 aromatic heterocycles. The van der Waals surface area contributed by atoms with E-state index in [9.17, 15) is 13.2 Å². The SMILES string of the molecule is Cc1cc(OC(F)(F)F)ccc1-c1cccc2onc(OCc3ncccn3)c12. The molecule has 0 saturated heterocycles. The Balaban J connectivity index is 1.70. The predicted molar refractivity (Wildman–Crippen MR) is 97.2 cm³/mol. The van der Waals surface area contributed by atoms with Crippen LogP contribution in [-0.4, -0.2) is 21.5 Å². The highest BCUT2D eigenvalue weighted by atomic mass is 19.4. The molecule has 0 aliphatic heterocycles. The molecule has 148 valence electrons. The Labute approximate surface area is 162 Å². The molecule has 29 heavy (non-hydrogen) atoms. The molecule has 0 aliphatic rings. The summed E-state index contributed by atoms with van der Waals surface area (Å²) in [7, 11) is 0. The van der Waals surface area contributed by atoms with Gasteiger partial charge in [-0.3, -0.25) is 0 Å². The summed E-state index contributed by atoms with van der Waals surface area (Å²) in [6, 6.07) is 11.2. The number of hydrogen-bond donors (Lipinski definition) is 0. The zero-order chi connectivity index (χ0) is 20.4. The van der Waals surface area contributed by atoms with E-state index in [0.29, 0.717) is 33.5 Å². The summed E-state index contributed by atoms with van der Waals surface area (Å²) in [4.78, 5) is 8.18. The Morgan fingerprint density at radius 3 is 2.52 bits per heavy atom. The molecule has 4 rings (SSSR count). The Hall–Kier alpha value is -3.62. The van der Waals surface area contributed by atoms with E-state index in [1.807, 2.05) is 6.07 Å². The second-order valence-electron chi connectivity index (χ2n) is 6.14. The fraction of sp³-hybridized carbons (Fsp3) is 0.150. The van der Waals surface area contributed by atoms with Crippen LogP contribution in [0.3, 0.4) is 0 Å². The number of benzene rings is 2. The summed E-state index contributed by atoms with van der Waals surface area (Å²) in [5.41, 5.74) is 2.50. The van der Waals surface area contributed by atoms with Gasteiger partial charge in [0.1, 0.15) is 12.4 Å². The first-order valence-electron chi connectivity index (χ1n) is 8.54. The van der Waals surface area contributed by atoms with Crippen molar-refractivity contribution in [1.82, 2.24) is 15.1 Å². The van der Waals surface area contributed by atoms with Gasteiger partial charge in [-0.1, -0.05) is 18.2 Å². The lowest BCUT2D eigenvalue weighted by Crippen LogP contribution is -2.17. The minimum absolute atomic E-state index is 0.0914. The molecule has 0 atom stereocenters. The Morgan fingerprint density at radius 2 is 1.79 bits per heavy atom. The molecule has 0 radical (unpaired) electrons. The molecule has 2 aromatic carbocycles. The fourth-order valence-electron chi connectivity index (χ4n) is 2.96. The average molecular weight is 401 g/mol. The highest BCUT2D eigenvalue weighted by Gasteiger charge is 2.31. The normalized spacial score (nSPS) is 11.6. The third-order valence-corrected chi connectivity index (χ3v) is 4.15. The van der Waals surface area contributed by atoms with Crippen molar-refractivity contribution in [2.75, 3.05) is 0 Å². The number of aromatic nitrogens is 3. The van der Waals surface area contributed by atoms with Crippen LogP contribution in [0.2, 0.25) is 0 Å². The summed E-state index contributed by atoms with van der Waals surface area (Å²) >= 11 is 0. The number of hydrogen-bond acceptors (Lipinski definition) is 6. The topological polar surface area (TPSA) is 70.3 Å². The minimum Gasteiger partial charge on any atom is -0.467 e. The van der Waals surface area contributed by atoms with Gasteiger partial charge in [-0.2, -0.15) is 0 Å². The van der Waals surface area contributed by atoms with E-state index in [2.05, 4.69) is 19.9 Å². The summed E-state index contributed by atoms with van der Waals surface area (Å²) in [5.74, 6) is 0.443. The first kappa shape index (κ1) is 18.7. The quantitative estimate of drug-likeness (QED) is 0.465. The van der Waals surface area contributed by atoms with Crippen molar-refractivity contribution in [1.29, 1.82) is 0 Å². The van der Waals surface area contributed by atoms with Gasteiger partial charge in [0.15, 0.2) is 11.4 Å². The van der Waals surface area contributed by atoms with E-state index < -0.39 is 6.36 Å². The van der Waals surface area contributed by atoms with Crippen molar-refractivity contribution >= 4 is 11.0 Å². The predicted octanol–water partition coefficient (Wildman–Crippen LogP) is 5.07. The van der Waals surface area contributed by atoms with Crippen molar-refractivity contribution < 1.29 is 27.2 Å². The van der Waals surface area contributed by atoms with Crippen LogP contribution in [0.4, 0.5) is 13.2 Å². The van der Waals surface area contributed by atoms with Gasteiger partial charge in [0.25, 0.3) is 5.88 Å². The molecular weight excluding hydrogens is 387 g/mol. The van der Waals surface area contributed by atoms with Crippen molar-refractivity contribution in [3.05, 3.63) is 66.2 Å². The molecule has 0 fully saturated rings. The maximum atomic E-state index is 12.5. The lowest BCUT2D eigenvalue weighted by Gasteiger charge is -2.12. The standard InChI is InChI=1S/C20H14F3N3O3/c1-12-10-13(28-20(21,22)23)6-7-14(12)15-4-2-5-16-18(15)19(26-29-16)27-11-17-24-8-3-9-25-17/h2-10H,11H2,1H3. The summed E-state index contributed by atoms with van der Waals surface area (Å²) in [6.45, 7) is 1.79. The van der Waals surface area contributed by atoms with Crippen molar-refractivity contribution in [3.8, 4) is 22.8 Å². The molecular formula is C20H14F3N3O3. The van der Waals surface area contributed by atoms with Gasteiger partial charge in [-0.15, -0.1) is 13.2 Å². The van der Waals surface area contributed by atoms with Crippen LogP contribution in [0.5, 0.6) is 11.6 Å². The van der Waals surface area contributed by atoms with E-state index in [-0.39, 0.29) is 18.2 Å².